The molecule has 2 aliphatic rings. The summed E-state index contributed by atoms with van der Waals surface area (Å²) in [5.74, 6) is 0.468. The van der Waals surface area contributed by atoms with Gasteiger partial charge in [0.15, 0.2) is 9.84 Å². The Bertz CT molecular complexity index is 994. The van der Waals surface area contributed by atoms with Crippen molar-refractivity contribution >= 4 is 26.6 Å². The van der Waals surface area contributed by atoms with Crippen LogP contribution < -0.4 is 4.74 Å². The first-order valence-corrected chi connectivity index (χ1v) is 12.0. The molecule has 1 unspecified atom stereocenters. The van der Waals surface area contributed by atoms with Crippen molar-refractivity contribution in [2.75, 3.05) is 44.8 Å². The van der Waals surface area contributed by atoms with Gasteiger partial charge in [-0.15, -0.1) is 0 Å². The van der Waals surface area contributed by atoms with Crippen molar-refractivity contribution in [3.05, 3.63) is 36.0 Å². The minimum Gasteiger partial charge on any atom is -0.491 e. The third-order valence-electron chi connectivity index (χ3n) is 5.91. The number of nitrogens with zero attached hydrogens (tertiary/aromatic N) is 3. The Balaban J connectivity index is 1.49. The maximum Gasteiger partial charge on any atom is 0.272 e. The molecule has 2 aromatic rings. The number of hydrogen-bond acceptors (Lipinski definition) is 6. The quantitative estimate of drug-likeness (QED) is 0.740. The number of hydrogen-bond donors (Lipinski definition) is 0. The van der Waals surface area contributed by atoms with Crippen LogP contribution in [-0.4, -0.2) is 79.9 Å². The number of fused-ring (bicyclic) bond motifs is 1. The lowest BCUT2D eigenvalue weighted by Crippen LogP contribution is -2.44. The molecular weight excluding hydrogens is 390 g/mol. The van der Waals surface area contributed by atoms with Gasteiger partial charge in [-0.3, -0.25) is 4.79 Å². The molecule has 2 aliphatic heterocycles. The average Bonchev–Trinajstić information content (AvgIpc) is 3.12. The molecule has 4 rings (SSSR count). The zero-order valence-corrected chi connectivity index (χ0v) is 17.5. The summed E-state index contributed by atoms with van der Waals surface area (Å²) in [6.07, 6.45) is 3.41. The van der Waals surface area contributed by atoms with E-state index in [4.69, 9.17) is 4.74 Å². The number of ether oxygens (including phenoxy) is 1. The van der Waals surface area contributed by atoms with Gasteiger partial charge in [-0.2, -0.15) is 0 Å². The predicted octanol–water partition coefficient (Wildman–Crippen LogP) is 1.97. The van der Waals surface area contributed by atoms with Crippen LogP contribution in [0.3, 0.4) is 0 Å². The van der Waals surface area contributed by atoms with Crippen molar-refractivity contribution in [2.45, 2.75) is 25.3 Å². The highest BCUT2D eigenvalue weighted by Gasteiger charge is 2.26. The highest BCUT2D eigenvalue weighted by atomic mass is 32.2. The van der Waals surface area contributed by atoms with E-state index in [0.717, 1.165) is 18.4 Å². The standard InChI is InChI=1S/C21H27N3O4S/c1-23-10-3-5-17(23)9-13-28-19-6-2-4-16-7-8-18(22-20(16)19)21(25)24-11-14-29(26,27)15-12-24/h2,4,6-8,17H,3,5,9-15H2,1H3. The zero-order chi connectivity index (χ0) is 20.4. The number of pyridine rings is 1. The van der Waals surface area contributed by atoms with E-state index in [1.807, 2.05) is 24.3 Å². The normalized spacial score (nSPS) is 22.1. The van der Waals surface area contributed by atoms with Crippen LogP contribution in [0.1, 0.15) is 29.8 Å². The van der Waals surface area contributed by atoms with Gasteiger partial charge in [-0.05, 0) is 45.0 Å². The van der Waals surface area contributed by atoms with Gasteiger partial charge in [-0.1, -0.05) is 18.2 Å². The largest absolute Gasteiger partial charge is 0.491 e. The Morgan fingerprint density at radius 3 is 2.69 bits per heavy atom. The molecule has 29 heavy (non-hydrogen) atoms. The van der Waals surface area contributed by atoms with Crippen molar-refractivity contribution in [2.24, 2.45) is 0 Å². The molecule has 2 saturated heterocycles. The summed E-state index contributed by atoms with van der Waals surface area (Å²) in [7, 11) is -0.878. The van der Waals surface area contributed by atoms with Crippen molar-refractivity contribution < 1.29 is 17.9 Å². The second kappa shape index (κ2) is 8.28. The minimum absolute atomic E-state index is 0.0102. The van der Waals surface area contributed by atoms with Gasteiger partial charge < -0.3 is 14.5 Å². The van der Waals surface area contributed by atoms with Crippen molar-refractivity contribution in [3.8, 4) is 5.75 Å². The Labute approximate surface area is 171 Å². The second-order valence-corrected chi connectivity index (χ2v) is 10.2. The fourth-order valence-corrected chi connectivity index (χ4v) is 5.28. The van der Waals surface area contributed by atoms with Gasteiger partial charge in [0.25, 0.3) is 5.91 Å². The zero-order valence-electron chi connectivity index (χ0n) is 16.7. The Morgan fingerprint density at radius 1 is 1.17 bits per heavy atom. The number of rotatable bonds is 5. The number of sulfone groups is 1. The van der Waals surface area contributed by atoms with Gasteiger partial charge in [0.05, 0.1) is 18.1 Å². The fourth-order valence-electron chi connectivity index (χ4n) is 4.08. The van der Waals surface area contributed by atoms with Crippen LogP contribution in [0.25, 0.3) is 10.9 Å². The molecule has 7 nitrogen and oxygen atoms in total. The smallest absolute Gasteiger partial charge is 0.272 e. The monoisotopic (exact) mass is 417 g/mol. The van der Waals surface area contributed by atoms with Crippen LogP contribution in [0.5, 0.6) is 5.75 Å². The first-order chi connectivity index (χ1) is 13.9. The number of amides is 1. The third kappa shape index (κ3) is 4.53. The summed E-state index contributed by atoms with van der Waals surface area (Å²) in [5, 5.41) is 0.915. The molecule has 3 heterocycles. The topological polar surface area (TPSA) is 79.8 Å². The van der Waals surface area contributed by atoms with Gasteiger partial charge in [0, 0.05) is 24.5 Å². The van der Waals surface area contributed by atoms with Gasteiger partial charge >= 0.3 is 0 Å². The van der Waals surface area contributed by atoms with Crippen LogP contribution in [0.4, 0.5) is 0 Å². The molecule has 0 spiro atoms. The van der Waals surface area contributed by atoms with Crippen LogP contribution in [0.2, 0.25) is 0 Å². The molecule has 1 atom stereocenters. The Kier molecular flexibility index (Phi) is 5.74. The lowest BCUT2D eigenvalue weighted by Gasteiger charge is -2.26. The number of benzene rings is 1. The highest BCUT2D eigenvalue weighted by Crippen LogP contribution is 2.26. The fraction of sp³-hybridized carbons (Fsp3) is 0.524. The van der Waals surface area contributed by atoms with Crippen molar-refractivity contribution in [1.29, 1.82) is 0 Å². The maximum absolute atomic E-state index is 12.8. The number of likely N-dealkylation sites (tertiary alicyclic amines) is 1. The minimum atomic E-state index is -3.03. The number of carbonyl (C=O) groups is 1. The van der Waals surface area contributed by atoms with Crippen molar-refractivity contribution in [3.63, 3.8) is 0 Å². The van der Waals surface area contributed by atoms with Gasteiger partial charge in [-0.25, -0.2) is 13.4 Å². The lowest BCUT2D eigenvalue weighted by atomic mass is 10.1. The molecule has 1 aromatic heterocycles. The molecule has 1 aromatic carbocycles. The molecule has 1 amide bonds. The van der Waals surface area contributed by atoms with Crippen LogP contribution >= 0.6 is 0 Å². The molecule has 0 aliphatic carbocycles. The summed E-state index contributed by atoms with van der Waals surface area (Å²) < 4.78 is 29.3. The van der Waals surface area contributed by atoms with E-state index in [0.29, 0.717) is 29.6 Å². The molecular formula is C21H27N3O4S. The second-order valence-electron chi connectivity index (χ2n) is 7.88. The summed E-state index contributed by atoms with van der Waals surface area (Å²) in [6.45, 7) is 2.18. The summed E-state index contributed by atoms with van der Waals surface area (Å²) in [4.78, 5) is 21.3. The van der Waals surface area contributed by atoms with E-state index in [-0.39, 0.29) is 30.5 Å². The first-order valence-electron chi connectivity index (χ1n) is 10.2. The predicted molar refractivity (Wildman–Crippen MR) is 112 cm³/mol. The highest BCUT2D eigenvalue weighted by molar-refractivity contribution is 7.91. The summed E-state index contributed by atoms with van der Waals surface area (Å²) >= 11 is 0. The van der Waals surface area contributed by atoms with E-state index in [1.165, 1.54) is 12.8 Å². The van der Waals surface area contributed by atoms with E-state index in [2.05, 4.69) is 16.9 Å². The van der Waals surface area contributed by atoms with Gasteiger partial charge in [0.1, 0.15) is 17.0 Å². The van der Waals surface area contributed by atoms with Crippen LogP contribution in [0.15, 0.2) is 30.3 Å². The Morgan fingerprint density at radius 2 is 1.97 bits per heavy atom. The molecule has 0 bridgehead atoms. The first kappa shape index (κ1) is 20.1. The Hall–Kier alpha value is -2.19. The number of carbonyl (C=O) groups excluding carboxylic acids is 1. The molecule has 0 radical (unpaired) electrons. The van der Waals surface area contributed by atoms with Crippen LogP contribution in [-0.2, 0) is 9.84 Å². The number of aromatic nitrogens is 1. The van der Waals surface area contributed by atoms with E-state index in [9.17, 15) is 13.2 Å². The average molecular weight is 418 g/mol. The summed E-state index contributed by atoms with van der Waals surface area (Å²) in [6, 6.07) is 9.89. The summed E-state index contributed by atoms with van der Waals surface area (Å²) in [5.41, 5.74) is 0.992. The molecule has 0 N–H and O–H groups in total. The molecule has 8 heteroatoms. The van der Waals surface area contributed by atoms with E-state index in [1.54, 1.807) is 11.0 Å². The molecule has 0 saturated carbocycles. The van der Waals surface area contributed by atoms with Gasteiger partial charge in [0.2, 0.25) is 0 Å². The molecule has 2 fully saturated rings. The molecule has 156 valence electrons. The maximum atomic E-state index is 12.8. The SMILES string of the molecule is CN1CCCC1CCOc1cccc2ccc(C(=O)N3CCS(=O)(=O)CC3)nc12. The van der Waals surface area contributed by atoms with Crippen LogP contribution in [0, 0.1) is 0 Å². The third-order valence-corrected chi connectivity index (χ3v) is 7.52. The van der Waals surface area contributed by atoms with E-state index < -0.39 is 9.84 Å². The number of para-hydroxylation sites is 1. The van der Waals surface area contributed by atoms with E-state index >= 15 is 0 Å². The van der Waals surface area contributed by atoms with Crippen molar-refractivity contribution in [1.82, 2.24) is 14.8 Å². The lowest BCUT2D eigenvalue weighted by molar-refractivity contribution is 0.0765.